The smallest absolute Gasteiger partial charge is 0.119 e. The predicted octanol–water partition coefficient (Wildman–Crippen LogP) is 3.32. The molecule has 1 heterocycles. The Morgan fingerprint density at radius 1 is 1.12 bits per heavy atom. The van der Waals surface area contributed by atoms with Crippen LogP contribution in [0.1, 0.15) is 58.8 Å². The van der Waals surface area contributed by atoms with Crippen molar-refractivity contribution in [1.29, 1.82) is 0 Å². The Morgan fingerprint density at radius 2 is 1.82 bits per heavy atom. The molecule has 1 saturated heterocycles. The number of ether oxygens (including phenoxy) is 1. The van der Waals surface area contributed by atoms with E-state index in [1.54, 1.807) is 0 Å². The van der Waals surface area contributed by atoms with Crippen molar-refractivity contribution in [2.45, 2.75) is 64.5 Å². The van der Waals surface area contributed by atoms with Gasteiger partial charge in [-0.25, -0.2) is 0 Å². The van der Waals surface area contributed by atoms with Gasteiger partial charge in [-0.1, -0.05) is 20.3 Å². The highest BCUT2D eigenvalue weighted by molar-refractivity contribution is 4.98. The lowest BCUT2D eigenvalue weighted by Gasteiger charge is -2.53. The second kappa shape index (κ2) is 4.24. The van der Waals surface area contributed by atoms with Crippen LogP contribution in [0, 0.1) is 17.3 Å². The molecule has 0 radical (unpaired) electrons. The Balaban J connectivity index is 1.55. The molecule has 1 aliphatic heterocycles. The van der Waals surface area contributed by atoms with Gasteiger partial charge in [0.05, 0.1) is 6.61 Å². The van der Waals surface area contributed by atoms with Gasteiger partial charge >= 0.3 is 0 Å². The normalized spacial score (nSPS) is 40.8. The van der Waals surface area contributed by atoms with Crippen LogP contribution in [0.2, 0.25) is 0 Å². The molecule has 0 aromatic rings. The van der Waals surface area contributed by atoms with Gasteiger partial charge in [-0.3, -0.25) is 5.32 Å². The third kappa shape index (κ3) is 2.15. The maximum absolute atomic E-state index is 6.28. The number of hydrogen-bond acceptors (Lipinski definition) is 2. The molecule has 2 spiro atoms. The second-order valence-electron chi connectivity index (χ2n) is 7.07. The van der Waals surface area contributed by atoms with Crippen molar-refractivity contribution < 1.29 is 4.74 Å². The number of hydrogen-bond donors (Lipinski definition) is 1. The van der Waals surface area contributed by atoms with Crippen molar-refractivity contribution in [3.63, 3.8) is 0 Å². The first-order valence-electron chi connectivity index (χ1n) is 7.52. The Morgan fingerprint density at radius 3 is 2.24 bits per heavy atom. The zero-order valence-corrected chi connectivity index (χ0v) is 11.4. The molecule has 2 nitrogen and oxygen atoms in total. The Labute approximate surface area is 105 Å². The van der Waals surface area contributed by atoms with Crippen LogP contribution in [-0.2, 0) is 4.74 Å². The topological polar surface area (TPSA) is 21.3 Å². The lowest BCUT2D eigenvalue weighted by molar-refractivity contribution is -0.183. The van der Waals surface area contributed by atoms with E-state index in [1.165, 1.54) is 51.5 Å². The molecule has 0 aromatic heterocycles. The van der Waals surface area contributed by atoms with E-state index >= 15 is 0 Å². The van der Waals surface area contributed by atoms with E-state index in [0.29, 0.717) is 5.41 Å². The third-order valence-corrected chi connectivity index (χ3v) is 5.64. The van der Waals surface area contributed by atoms with E-state index in [2.05, 4.69) is 19.2 Å². The van der Waals surface area contributed by atoms with Gasteiger partial charge in [0, 0.05) is 12.0 Å². The predicted molar refractivity (Wildman–Crippen MR) is 69.8 cm³/mol. The van der Waals surface area contributed by atoms with Crippen molar-refractivity contribution in [3.05, 3.63) is 0 Å². The first-order valence-corrected chi connectivity index (χ1v) is 7.52. The fourth-order valence-electron chi connectivity index (χ4n) is 3.83. The average Bonchev–Trinajstić information content (AvgIpc) is 2.29. The zero-order chi connectivity index (χ0) is 11.9. The van der Waals surface area contributed by atoms with Gasteiger partial charge in [-0.05, 0) is 50.4 Å². The molecule has 3 rings (SSSR count). The van der Waals surface area contributed by atoms with Gasteiger partial charge in [0.1, 0.15) is 5.72 Å². The van der Waals surface area contributed by atoms with Gasteiger partial charge in [-0.2, -0.15) is 0 Å². The molecule has 3 aliphatic rings. The maximum Gasteiger partial charge on any atom is 0.119 e. The van der Waals surface area contributed by atoms with Gasteiger partial charge in [0.2, 0.25) is 0 Å². The van der Waals surface area contributed by atoms with Gasteiger partial charge in [0.25, 0.3) is 0 Å². The van der Waals surface area contributed by atoms with Gasteiger partial charge in [0.15, 0.2) is 0 Å². The highest BCUT2D eigenvalue weighted by Crippen LogP contribution is 2.46. The quantitative estimate of drug-likeness (QED) is 0.755. The summed E-state index contributed by atoms with van der Waals surface area (Å²) in [6.07, 6.45) is 9.32. The van der Waals surface area contributed by atoms with Crippen LogP contribution < -0.4 is 5.32 Å². The summed E-state index contributed by atoms with van der Waals surface area (Å²) >= 11 is 0. The minimum atomic E-state index is 0.0617. The van der Waals surface area contributed by atoms with Crippen LogP contribution >= 0.6 is 0 Å². The van der Waals surface area contributed by atoms with E-state index in [1.807, 2.05) is 0 Å². The fourth-order valence-corrected chi connectivity index (χ4v) is 3.83. The number of nitrogens with one attached hydrogen (secondary N) is 1. The summed E-state index contributed by atoms with van der Waals surface area (Å²) in [6.45, 7) is 6.95. The molecule has 0 amide bonds. The lowest BCUT2D eigenvalue weighted by Crippen LogP contribution is -2.61. The lowest BCUT2D eigenvalue weighted by atomic mass is 9.67. The zero-order valence-electron chi connectivity index (χ0n) is 11.4. The molecule has 0 aromatic carbocycles. The van der Waals surface area contributed by atoms with E-state index < -0.39 is 0 Å². The first kappa shape index (κ1) is 12.0. The molecule has 3 fully saturated rings. The summed E-state index contributed by atoms with van der Waals surface area (Å²) in [5.41, 5.74) is 0.590. The summed E-state index contributed by atoms with van der Waals surface area (Å²) in [5.74, 6) is 1.76. The van der Waals surface area contributed by atoms with E-state index in [4.69, 9.17) is 4.74 Å². The van der Waals surface area contributed by atoms with Crippen LogP contribution in [0.5, 0.6) is 0 Å². The molecule has 98 valence electrons. The molecule has 0 unspecified atom stereocenters. The van der Waals surface area contributed by atoms with Crippen molar-refractivity contribution in [2.24, 2.45) is 17.3 Å². The average molecular weight is 237 g/mol. The van der Waals surface area contributed by atoms with Crippen LogP contribution in [0.3, 0.4) is 0 Å². The molecule has 0 bridgehead atoms. The van der Waals surface area contributed by atoms with Crippen molar-refractivity contribution in [2.75, 3.05) is 13.2 Å². The molecule has 1 N–H and O–H groups in total. The fraction of sp³-hybridized carbons (Fsp3) is 1.00. The maximum atomic E-state index is 6.28. The minimum absolute atomic E-state index is 0.0617. The van der Waals surface area contributed by atoms with Crippen LogP contribution in [0.4, 0.5) is 0 Å². The Bertz CT molecular complexity index is 263. The van der Waals surface area contributed by atoms with Crippen molar-refractivity contribution in [3.8, 4) is 0 Å². The summed E-state index contributed by atoms with van der Waals surface area (Å²) in [4.78, 5) is 0. The summed E-state index contributed by atoms with van der Waals surface area (Å²) in [6, 6.07) is 0. The molecular weight excluding hydrogens is 210 g/mol. The first-order chi connectivity index (χ1) is 8.13. The minimum Gasteiger partial charge on any atom is -0.360 e. The highest BCUT2D eigenvalue weighted by atomic mass is 16.5. The molecular formula is C15H27NO. The third-order valence-electron chi connectivity index (χ3n) is 5.64. The molecule has 17 heavy (non-hydrogen) atoms. The monoisotopic (exact) mass is 237 g/mol. The molecule has 2 saturated carbocycles. The van der Waals surface area contributed by atoms with Crippen LogP contribution in [0.25, 0.3) is 0 Å². The van der Waals surface area contributed by atoms with Crippen molar-refractivity contribution >= 4 is 0 Å². The van der Waals surface area contributed by atoms with Gasteiger partial charge in [-0.15, -0.1) is 0 Å². The highest BCUT2D eigenvalue weighted by Gasteiger charge is 2.47. The molecule has 2 aliphatic carbocycles. The van der Waals surface area contributed by atoms with Gasteiger partial charge < -0.3 is 4.74 Å². The standard InChI is InChI=1S/C15H27NO/c1-12(2)13-4-8-15(9-5-13)16-10-14(11-17-15)6-3-7-14/h12-13,16H,3-11H2,1-2H3. The number of rotatable bonds is 1. The Kier molecular flexibility index (Phi) is 2.99. The van der Waals surface area contributed by atoms with E-state index in [9.17, 15) is 0 Å². The largest absolute Gasteiger partial charge is 0.360 e. The second-order valence-corrected chi connectivity index (χ2v) is 7.07. The molecule has 2 heteroatoms. The summed E-state index contributed by atoms with van der Waals surface area (Å²) in [7, 11) is 0. The summed E-state index contributed by atoms with van der Waals surface area (Å²) < 4.78 is 6.28. The summed E-state index contributed by atoms with van der Waals surface area (Å²) in [5, 5.41) is 3.76. The van der Waals surface area contributed by atoms with E-state index in [0.717, 1.165) is 18.4 Å². The SMILES string of the molecule is CC(C)C1CCC2(CC1)NCC1(CCC1)CO2. The molecule has 0 atom stereocenters. The van der Waals surface area contributed by atoms with E-state index in [-0.39, 0.29) is 5.72 Å². The van der Waals surface area contributed by atoms with Crippen LogP contribution in [-0.4, -0.2) is 18.9 Å². The van der Waals surface area contributed by atoms with Crippen molar-refractivity contribution in [1.82, 2.24) is 5.32 Å². The Hall–Kier alpha value is -0.0800. The van der Waals surface area contributed by atoms with Crippen LogP contribution in [0.15, 0.2) is 0 Å².